The maximum absolute atomic E-state index is 13.8. The van der Waals surface area contributed by atoms with Crippen LogP contribution in [0.25, 0.3) is 0 Å². The number of rotatable bonds is 6. The molecule has 2 aromatic rings. The Morgan fingerprint density at radius 2 is 1.65 bits per heavy atom. The van der Waals surface area contributed by atoms with E-state index >= 15 is 0 Å². The second-order valence-electron chi connectivity index (χ2n) is 10.0. The summed E-state index contributed by atoms with van der Waals surface area (Å²) >= 11 is 0. The molecule has 194 valence electrons. The van der Waals surface area contributed by atoms with Crippen molar-refractivity contribution in [2.45, 2.75) is 44.1 Å². The molecular formula is C27H30N4O6. The molecule has 0 saturated carbocycles. The van der Waals surface area contributed by atoms with Gasteiger partial charge in [-0.25, -0.2) is 4.79 Å². The van der Waals surface area contributed by atoms with Crippen molar-refractivity contribution in [3.05, 3.63) is 65.2 Å². The summed E-state index contributed by atoms with van der Waals surface area (Å²) in [4.78, 5) is 55.5. The van der Waals surface area contributed by atoms with Crippen LogP contribution in [0.15, 0.2) is 48.5 Å². The number of piperazine rings is 1. The number of nitrogens with one attached hydrogen (secondary N) is 1. The SMILES string of the molecule is COC(=O)c1ccc(CN2C(=O)C3CC(O)CN3C3(CN(Cc4ccc(NC(C)=O)cc4)C3)C2=O)cc1. The lowest BCUT2D eigenvalue weighted by Gasteiger charge is -2.58. The maximum Gasteiger partial charge on any atom is 0.337 e. The second kappa shape index (κ2) is 9.70. The fraction of sp³-hybridized carbons (Fsp3) is 0.407. The Kier molecular flexibility index (Phi) is 6.57. The predicted molar refractivity (Wildman–Crippen MR) is 133 cm³/mol. The molecule has 0 aromatic heterocycles. The summed E-state index contributed by atoms with van der Waals surface area (Å²) in [5, 5.41) is 13.1. The highest BCUT2D eigenvalue weighted by atomic mass is 16.5. The molecule has 3 fully saturated rings. The number of amides is 3. The van der Waals surface area contributed by atoms with E-state index in [0.717, 1.165) is 16.8 Å². The Bertz CT molecular complexity index is 1220. The molecule has 10 nitrogen and oxygen atoms in total. The molecule has 3 aliphatic rings. The van der Waals surface area contributed by atoms with Gasteiger partial charge in [0.25, 0.3) is 5.91 Å². The monoisotopic (exact) mass is 506 g/mol. The lowest BCUT2D eigenvalue weighted by molar-refractivity contribution is -0.181. The summed E-state index contributed by atoms with van der Waals surface area (Å²) in [6.45, 7) is 3.39. The smallest absolute Gasteiger partial charge is 0.337 e. The van der Waals surface area contributed by atoms with Crippen LogP contribution in [0.5, 0.6) is 0 Å². The first-order valence-electron chi connectivity index (χ1n) is 12.3. The summed E-state index contributed by atoms with van der Waals surface area (Å²) in [6, 6.07) is 13.7. The van der Waals surface area contributed by atoms with Gasteiger partial charge in [0.05, 0.1) is 31.4 Å². The number of anilines is 1. The van der Waals surface area contributed by atoms with E-state index in [0.29, 0.717) is 38.2 Å². The fourth-order valence-electron chi connectivity index (χ4n) is 5.65. The van der Waals surface area contributed by atoms with Gasteiger partial charge in [-0.1, -0.05) is 24.3 Å². The number of carbonyl (C=O) groups is 4. The van der Waals surface area contributed by atoms with E-state index in [1.54, 1.807) is 24.3 Å². The predicted octanol–water partition coefficient (Wildman–Crippen LogP) is 0.990. The number of β-amino-alcohol motifs (C(OH)–C–C–N with tert-alkyl or cyclic N) is 1. The molecular weight excluding hydrogens is 476 g/mol. The van der Waals surface area contributed by atoms with Gasteiger partial charge in [-0.3, -0.25) is 29.1 Å². The zero-order valence-corrected chi connectivity index (χ0v) is 20.8. The molecule has 3 amide bonds. The van der Waals surface area contributed by atoms with Gasteiger partial charge in [-0.2, -0.15) is 0 Å². The first-order valence-corrected chi connectivity index (χ1v) is 12.3. The minimum atomic E-state index is -0.863. The van der Waals surface area contributed by atoms with Crippen LogP contribution in [-0.4, -0.2) is 87.9 Å². The van der Waals surface area contributed by atoms with Crippen molar-refractivity contribution < 1.29 is 29.0 Å². The Morgan fingerprint density at radius 3 is 2.27 bits per heavy atom. The van der Waals surface area contributed by atoms with Crippen LogP contribution in [0.1, 0.15) is 34.8 Å². The number of ether oxygens (including phenoxy) is 1. The van der Waals surface area contributed by atoms with Gasteiger partial charge in [0.2, 0.25) is 11.8 Å². The quantitative estimate of drug-likeness (QED) is 0.440. The van der Waals surface area contributed by atoms with E-state index < -0.39 is 23.7 Å². The molecule has 10 heteroatoms. The summed E-state index contributed by atoms with van der Waals surface area (Å²) in [7, 11) is 1.31. The molecule has 2 N–H and O–H groups in total. The van der Waals surface area contributed by atoms with E-state index in [1.807, 2.05) is 29.2 Å². The lowest BCUT2D eigenvalue weighted by Crippen LogP contribution is -2.81. The number of methoxy groups -OCH3 is 1. The summed E-state index contributed by atoms with van der Waals surface area (Å²) in [5.41, 5.74) is 2.03. The number of likely N-dealkylation sites (tertiary alicyclic amines) is 1. The van der Waals surface area contributed by atoms with Crippen LogP contribution in [0.2, 0.25) is 0 Å². The Balaban J connectivity index is 1.31. The molecule has 37 heavy (non-hydrogen) atoms. The van der Waals surface area contributed by atoms with E-state index in [4.69, 9.17) is 4.74 Å². The van der Waals surface area contributed by atoms with Crippen LogP contribution in [-0.2, 0) is 32.2 Å². The third kappa shape index (κ3) is 4.63. The normalized spacial score (nSPS) is 23.1. The number of hydrogen-bond donors (Lipinski definition) is 2. The molecule has 2 aromatic carbocycles. The Hall–Kier alpha value is -3.60. The summed E-state index contributed by atoms with van der Waals surface area (Å²) < 4.78 is 4.73. The van der Waals surface area contributed by atoms with Crippen LogP contribution < -0.4 is 5.32 Å². The third-order valence-corrected chi connectivity index (χ3v) is 7.39. The minimum absolute atomic E-state index is 0.103. The maximum atomic E-state index is 13.8. The molecule has 2 atom stereocenters. The second-order valence-corrected chi connectivity index (χ2v) is 10.0. The zero-order chi connectivity index (χ0) is 26.3. The molecule has 0 aliphatic carbocycles. The van der Waals surface area contributed by atoms with Crippen molar-refractivity contribution >= 4 is 29.4 Å². The fourth-order valence-corrected chi connectivity index (χ4v) is 5.65. The lowest BCUT2D eigenvalue weighted by atomic mass is 9.82. The van der Waals surface area contributed by atoms with Gasteiger partial charge in [-0.15, -0.1) is 0 Å². The molecule has 0 radical (unpaired) electrons. The summed E-state index contributed by atoms with van der Waals surface area (Å²) in [6.07, 6.45) is -0.357. The van der Waals surface area contributed by atoms with Crippen molar-refractivity contribution in [1.82, 2.24) is 14.7 Å². The number of aliphatic hydroxyl groups excluding tert-OH is 1. The molecule has 1 spiro atoms. The zero-order valence-electron chi connectivity index (χ0n) is 20.8. The highest BCUT2D eigenvalue weighted by Gasteiger charge is 2.64. The summed E-state index contributed by atoms with van der Waals surface area (Å²) in [5.74, 6) is -1.13. The first-order chi connectivity index (χ1) is 17.7. The molecule has 0 bridgehead atoms. The first kappa shape index (κ1) is 25.1. The van der Waals surface area contributed by atoms with Crippen LogP contribution in [0.3, 0.4) is 0 Å². The number of esters is 1. The standard InChI is InChI=1S/C27H30N4O6/c1-17(32)28-21-9-5-18(6-10-21)12-29-15-27(16-29)26(36)30(24(34)23-11-22(33)14-31(23)27)13-19-3-7-20(8-4-19)25(35)37-2/h3-10,22-23,33H,11-16H2,1-2H3,(H,28,32). The molecule has 2 unspecified atom stereocenters. The van der Waals surface area contributed by atoms with Gasteiger partial charge >= 0.3 is 5.97 Å². The molecule has 3 heterocycles. The number of nitrogens with zero attached hydrogens (tertiary/aromatic N) is 3. The topological polar surface area (TPSA) is 119 Å². The van der Waals surface area contributed by atoms with Gasteiger partial charge in [0.1, 0.15) is 5.54 Å². The van der Waals surface area contributed by atoms with Gasteiger partial charge < -0.3 is 15.2 Å². The van der Waals surface area contributed by atoms with Crippen molar-refractivity contribution in [3.8, 4) is 0 Å². The van der Waals surface area contributed by atoms with Gasteiger partial charge in [0, 0.05) is 38.8 Å². The minimum Gasteiger partial charge on any atom is -0.465 e. The van der Waals surface area contributed by atoms with E-state index in [2.05, 4.69) is 10.2 Å². The Morgan fingerprint density at radius 1 is 1.03 bits per heavy atom. The molecule has 5 rings (SSSR count). The van der Waals surface area contributed by atoms with Gasteiger partial charge in [-0.05, 0) is 41.8 Å². The third-order valence-electron chi connectivity index (χ3n) is 7.39. The highest BCUT2D eigenvalue weighted by molar-refractivity contribution is 6.06. The number of aliphatic hydroxyl groups is 1. The average Bonchev–Trinajstić information content (AvgIpc) is 3.25. The number of carbonyl (C=O) groups excluding carboxylic acids is 4. The highest BCUT2D eigenvalue weighted by Crippen LogP contribution is 2.41. The molecule has 3 aliphatic heterocycles. The Labute approximate surface area is 214 Å². The largest absolute Gasteiger partial charge is 0.465 e. The number of fused-ring (bicyclic) bond motifs is 2. The van der Waals surface area contributed by atoms with Crippen LogP contribution in [0.4, 0.5) is 5.69 Å². The van der Waals surface area contributed by atoms with E-state index in [-0.39, 0.29) is 24.3 Å². The van der Waals surface area contributed by atoms with Crippen LogP contribution in [0, 0.1) is 0 Å². The average molecular weight is 507 g/mol. The van der Waals surface area contributed by atoms with Crippen molar-refractivity contribution in [2.75, 3.05) is 32.1 Å². The number of imide groups is 1. The van der Waals surface area contributed by atoms with E-state index in [1.165, 1.54) is 18.9 Å². The molecule has 3 saturated heterocycles. The van der Waals surface area contributed by atoms with Gasteiger partial charge in [0.15, 0.2) is 0 Å². The van der Waals surface area contributed by atoms with E-state index in [9.17, 15) is 24.3 Å². The number of hydrogen-bond acceptors (Lipinski definition) is 8. The van der Waals surface area contributed by atoms with Crippen LogP contribution >= 0.6 is 0 Å². The van der Waals surface area contributed by atoms with Crippen molar-refractivity contribution in [2.24, 2.45) is 0 Å². The van der Waals surface area contributed by atoms with Crippen molar-refractivity contribution in [1.29, 1.82) is 0 Å². The van der Waals surface area contributed by atoms with Crippen molar-refractivity contribution in [3.63, 3.8) is 0 Å². The number of benzene rings is 2.